The van der Waals surface area contributed by atoms with Gasteiger partial charge in [0.25, 0.3) is 0 Å². The lowest BCUT2D eigenvalue weighted by molar-refractivity contribution is 0.101. The molecule has 2 nitrogen and oxygen atoms in total. The molecule has 0 aliphatic rings. The zero-order valence-corrected chi connectivity index (χ0v) is 11.5. The molecule has 1 aromatic carbocycles. The minimum absolute atomic E-state index is 0.133. The molecule has 3 heteroatoms. The monoisotopic (exact) mass is 249 g/mol. The second kappa shape index (κ2) is 5.34. The van der Waals surface area contributed by atoms with Crippen molar-refractivity contribution in [2.75, 3.05) is 11.4 Å². The Morgan fingerprint density at radius 1 is 1.44 bits per heavy atom. The number of benzene rings is 1. The van der Waals surface area contributed by atoms with Gasteiger partial charge in [0.2, 0.25) is 0 Å². The first-order valence-corrected chi connectivity index (χ1v) is 5.96. The van der Waals surface area contributed by atoms with Gasteiger partial charge in [-0.25, -0.2) is 4.39 Å². The molecule has 0 N–H and O–H groups in total. The lowest BCUT2D eigenvalue weighted by Gasteiger charge is -2.37. The lowest BCUT2D eigenvalue weighted by atomic mass is 10.0. The van der Waals surface area contributed by atoms with Crippen LogP contribution in [-0.4, -0.2) is 17.9 Å². The number of ketones is 1. The maximum absolute atomic E-state index is 14.1. The van der Waals surface area contributed by atoms with Gasteiger partial charge in [0, 0.05) is 17.6 Å². The maximum Gasteiger partial charge on any atom is 0.159 e. The third-order valence-electron chi connectivity index (χ3n) is 2.77. The SMILES string of the molecule is C=CCN(c1ccc(C(C)=O)cc1F)C(C)(C)C. The van der Waals surface area contributed by atoms with Gasteiger partial charge in [-0.1, -0.05) is 6.08 Å². The van der Waals surface area contributed by atoms with E-state index < -0.39 is 0 Å². The van der Waals surface area contributed by atoms with E-state index in [1.54, 1.807) is 18.2 Å². The number of carbonyl (C=O) groups excluding carboxylic acids is 1. The van der Waals surface area contributed by atoms with Crippen LogP contribution in [0.1, 0.15) is 38.1 Å². The largest absolute Gasteiger partial charge is 0.361 e. The van der Waals surface area contributed by atoms with Crippen molar-refractivity contribution < 1.29 is 9.18 Å². The van der Waals surface area contributed by atoms with Gasteiger partial charge in [0.15, 0.2) is 5.78 Å². The van der Waals surface area contributed by atoms with Crippen LogP contribution in [0.5, 0.6) is 0 Å². The molecule has 0 aliphatic heterocycles. The molecule has 0 heterocycles. The van der Waals surface area contributed by atoms with Gasteiger partial charge in [0.05, 0.1) is 5.69 Å². The molecule has 1 rings (SSSR count). The Labute approximate surface area is 108 Å². The number of anilines is 1. The van der Waals surface area contributed by atoms with E-state index in [2.05, 4.69) is 6.58 Å². The minimum Gasteiger partial charge on any atom is -0.361 e. The fourth-order valence-corrected chi connectivity index (χ4v) is 1.81. The summed E-state index contributed by atoms with van der Waals surface area (Å²) in [4.78, 5) is 13.1. The van der Waals surface area contributed by atoms with Crippen LogP contribution in [0.4, 0.5) is 10.1 Å². The molecule has 0 fully saturated rings. The molecular weight excluding hydrogens is 229 g/mol. The predicted octanol–water partition coefficient (Wildman–Crippen LogP) is 3.82. The molecule has 0 saturated carbocycles. The Morgan fingerprint density at radius 2 is 2.06 bits per heavy atom. The Hall–Kier alpha value is -1.64. The van der Waals surface area contributed by atoms with Crippen molar-refractivity contribution in [3.05, 3.63) is 42.2 Å². The van der Waals surface area contributed by atoms with Crippen LogP contribution in [-0.2, 0) is 0 Å². The molecule has 0 radical (unpaired) electrons. The van der Waals surface area contributed by atoms with Crippen molar-refractivity contribution in [1.82, 2.24) is 0 Å². The van der Waals surface area contributed by atoms with Gasteiger partial charge < -0.3 is 4.90 Å². The van der Waals surface area contributed by atoms with E-state index in [4.69, 9.17) is 0 Å². The zero-order valence-electron chi connectivity index (χ0n) is 11.5. The highest BCUT2D eigenvalue weighted by Gasteiger charge is 2.23. The van der Waals surface area contributed by atoms with Crippen LogP contribution >= 0.6 is 0 Å². The minimum atomic E-state index is -0.375. The van der Waals surface area contributed by atoms with Crippen LogP contribution in [0.2, 0.25) is 0 Å². The van der Waals surface area contributed by atoms with Crippen molar-refractivity contribution >= 4 is 11.5 Å². The summed E-state index contributed by atoms with van der Waals surface area (Å²) < 4.78 is 14.1. The zero-order chi connectivity index (χ0) is 13.9. The molecule has 18 heavy (non-hydrogen) atoms. The molecule has 98 valence electrons. The first-order chi connectivity index (χ1) is 8.27. The molecule has 0 aliphatic carbocycles. The van der Waals surface area contributed by atoms with Crippen molar-refractivity contribution in [1.29, 1.82) is 0 Å². The van der Waals surface area contributed by atoms with Gasteiger partial charge in [-0.2, -0.15) is 0 Å². The van der Waals surface area contributed by atoms with E-state index in [1.807, 2.05) is 25.7 Å². The number of Topliss-reactive ketones (excluding diaryl/α,β-unsaturated/α-hetero) is 1. The standard InChI is InChI=1S/C15H20FNO/c1-6-9-17(15(3,4)5)14-8-7-12(11(2)18)10-13(14)16/h6-8,10H,1,9H2,2-5H3. The van der Waals surface area contributed by atoms with Crippen LogP contribution < -0.4 is 4.90 Å². The Kier molecular flexibility index (Phi) is 4.28. The quantitative estimate of drug-likeness (QED) is 0.597. The van der Waals surface area contributed by atoms with Gasteiger partial charge in [-0.15, -0.1) is 6.58 Å². The first-order valence-electron chi connectivity index (χ1n) is 5.96. The van der Waals surface area contributed by atoms with Crippen molar-refractivity contribution in [2.45, 2.75) is 33.2 Å². The number of halogens is 1. The van der Waals surface area contributed by atoms with Gasteiger partial charge in [0.1, 0.15) is 5.82 Å². The normalized spacial score (nSPS) is 11.2. The molecule has 0 unspecified atom stereocenters. The average Bonchev–Trinajstić information content (AvgIpc) is 2.24. The van der Waals surface area contributed by atoms with E-state index in [0.29, 0.717) is 17.8 Å². The molecule has 0 spiro atoms. The highest BCUT2D eigenvalue weighted by molar-refractivity contribution is 5.94. The van der Waals surface area contributed by atoms with Crippen molar-refractivity contribution in [3.8, 4) is 0 Å². The average molecular weight is 249 g/mol. The summed E-state index contributed by atoms with van der Waals surface area (Å²) >= 11 is 0. The third kappa shape index (κ3) is 3.19. The highest BCUT2D eigenvalue weighted by Crippen LogP contribution is 2.27. The van der Waals surface area contributed by atoms with Crippen molar-refractivity contribution in [3.63, 3.8) is 0 Å². The summed E-state index contributed by atoms with van der Waals surface area (Å²) in [5, 5.41) is 0. The number of hydrogen-bond acceptors (Lipinski definition) is 2. The Bertz CT molecular complexity index is 460. The molecule has 0 aromatic heterocycles. The summed E-state index contributed by atoms with van der Waals surface area (Å²) in [6, 6.07) is 4.60. The van der Waals surface area contributed by atoms with E-state index in [-0.39, 0.29) is 17.1 Å². The van der Waals surface area contributed by atoms with E-state index in [1.165, 1.54) is 13.0 Å². The number of carbonyl (C=O) groups is 1. The van der Waals surface area contributed by atoms with Crippen LogP contribution in [0.3, 0.4) is 0 Å². The summed E-state index contributed by atoms with van der Waals surface area (Å²) in [6.45, 7) is 11.7. The van der Waals surface area contributed by atoms with Gasteiger partial charge >= 0.3 is 0 Å². The highest BCUT2D eigenvalue weighted by atomic mass is 19.1. The van der Waals surface area contributed by atoms with Crippen LogP contribution in [0.15, 0.2) is 30.9 Å². The maximum atomic E-state index is 14.1. The van der Waals surface area contributed by atoms with Gasteiger partial charge in [-0.05, 0) is 45.9 Å². The molecule has 0 bridgehead atoms. The van der Waals surface area contributed by atoms with Gasteiger partial charge in [-0.3, -0.25) is 4.79 Å². The summed E-state index contributed by atoms with van der Waals surface area (Å²) in [7, 11) is 0. The topological polar surface area (TPSA) is 20.3 Å². The summed E-state index contributed by atoms with van der Waals surface area (Å²) in [6.07, 6.45) is 1.74. The number of nitrogens with zero attached hydrogens (tertiary/aromatic N) is 1. The molecular formula is C15H20FNO. The number of hydrogen-bond donors (Lipinski definition) is 0. The molecule has 0 atom stereocenters. The second-order valence-electron chi connectivity index (χ2n) is 5.29. The Morgan fingerprint density at radius 3 is 2.44 bits per heavy atom. The second-order valence-corrected chi connectivity index (χ2v) is 5.29. The Balaban J connectivity index is 3.22. The number of rotatable bonds is 4. The smallest absolute Gasteiger partial charge is 0.159 e. The van der Waals surface area contributed by atoms with Crippen molar-refractivity contribution in [2.24, 2.45) is 0 Å². The fourth-order valence-electron chi connectivity index (χ4n) is 1.81. The fraction of sp³-hybridized carbons (Fsp3) is 0.400. The molecule has 1 aromatic rings. The molecule has 0 saturated heterocycles. The first kappa shape index (κ1) is 14.4. The van der Waals surface area contributed by atoms with E-state index in [0.717, 1.165) is 0 Å². The third-order valence-corrected chi connectivity index (χ3v) is 2.77. The summed E-state index contributed by atoms with van der Waals surface area (Å²) in [5.41, 5.74) is 0.670. The van der Waals surface area contributed by atoms with E-state index in [9.17, 15) is 9.18 Å². The van der Waals surface area contributed by atoms with Crippen LogP contribution in [0.25, 0.3) is 0 Å². The van der Waals surface area contributed by atoms with E-state index >= 15 is 0 Å². The molecule has 0 amide bonds. The predicted molar refractivity (Wildman–Crippen MR) is 73.7 cm³/mol. The summed E-state index contributed by atoms with van der Waals surface area (Å²) in [5.74, 6) is -0.508. The lowest BCUT2D eigenvalue weighted by Crippen LogP contribution is -2.42. The van der Waals surface area contributed by atoms with Crippen LogP contribution in [0, 0.1) is 5.82 Å².